The van der Waals surface area contributed by atoms with Crippen molar-refractivity contribution in [1.29, 1.82) is 0 Å². The average Bonchev–Trinajstić information content (AvgIpc) is 3.10. The second kappa shape index (κ2) is 8.55. The van der Waals surface area contributed by atoms with Gasteiger partial charge in [-0.2, -0.15) is 0 Å². The fourth-order valence-corrected chi connectivity index (χ4v) is 4.33. The summed E-state index contributed by atoms with van der Waals surface area (Å²) in [6.07, 6.45) is 0. The summed E-state index contributed by atoms with van der Waals surface area (Å²) in [4.78, 5) is 26.2. The Kier molecular flexibility index (Phi) is 5.85. The zero-order chi connectivity index (χ0) is 21.3. The number of thiazole rings is 1. The zero-order valence-electron chi connectivity index (χ0n) is 16.1. The molecule has 4 rings (SSSR count). The van der Waals surface area contributed by atoms with E-state index in [0.717, 1.165) is 10.2 Å². The van der Waals surface area contributed by atoms with E-state index in [9.17, 15) is 4.79 Å². The van der Waals surface area contributed by atoms with Crippen molar-refractivity contribution in [2.75, 3.05) is 11.9 Å². The van der Waals surface area contributed by atoms with Gasteiger partial charge in [0.2, 0.25) is 5.95 Å². The number of nitrogens with zero attached hydrogens (tertiary/aromatic N) is 3. The normalized spacial score (nSPS) is 10.9. The number of rotatable bonds is 5. The number of carbonyl (C=O) groups is 1. The summed E-state index contributed by atoms with van der Waals surface area (Å²) in [5, 5.41) is 4.64. The topological polar surface area (TPSA) is 77.0 Å². The lowest BCUT2D eigenvalue weighted by atomic mass is 10.0. The molecule has 0 amide bonds. The van der Waals surface area contributed by atoms with Crippen LogP contribution in [0.2, 0.25) is 10.0 Å². The molecule has 0 spiro atoms. The number of benzene rings is 2. The van der Waals surface area contributed by atoms with Gasteiger partial charge in [-0.1, -0.05) is 46.7 Å². The second-order valence-corrected chi connectivity index (χ2v) is 8.19. The fraction of sp³-hybridized carbons (Fsp3) is 0.143. The number of hydrogen-bond donors (Lipinski definition) is 1. The highest BCUT2D eigenvalue weighted by molar-refractivity contribution is 7.22. The maximum Gasteiger partial charge on any atom is 0.342 e. The monoisotopic (exact) mass is 458 g/mol. The third-order valence-electron chi connectivity index (χ3n) is 4.27. The van der Waals surface area contributed by atoms with E-state index >= 15 is 0 Å². The predicted octanol–water partition coefficient (Wildman–Crippen LogP) is 6.29. The van der Waals surface area contributed by atoms with Crippen LogP contribution in [0.1, 0.15) is 23.0 Å². The Balaban J connectivity index is 1.82. The fourth-order valence-electron chi connectivity index (χ4n) is 2.97. The highest BCUT2D eigenvalue weighted by atomic mass is 35.5. The van der Waals surface area contributed by atoms with E-state index in [2.05, 4.69) is 20.3 Å². The molecule has 6 nitrogen and oxygen atoms in total. The molecule has 0 radical (unpaired) electrons. The molecule has 2 aromatic carbocycles. The molecule has 9 heteroatoms. The minimum atomic E-state index is -0.512. The lowest BCUT2D eigenvalue weighted by Gasteiger charge is -2.14. The van der Waals surface area contributed by atoms with Gasteiger partial charge in [0.1, 0.15) is 5.56 Å². The highest BCUT2D eigenvalue weighted by Crippen LogP contribution is 2.34. The van der Waals surface area contributed by atoms with E-state index in [1.54, 1.807) is 32.0 Å². The number of carbonyl (C=O) groups excluding carboxylic acids is 1. The number of esters is 1. The van der Waals surface area contributed by atoms with E-state index in [1.807, 2.05) is 24.3 Å². The van der Waals surface area contributed by atoms with Gasteiger partial charge in [-0.3, -0.25) is 5.32 Å². The number of aryl methyl sites for hydroxylation is 1. The van der Waals surface area contributed by atoms with Crippen molar-refractivity contribution in [2.45, 2.75) is 13.8 Å². The quantitative estimate of drug-likeness (QED) is 0.354. The van der Waals surface area contributed by atoms with Crippen molar-refractivity contribution in [3.63, 3.8) is 0 Å². The van der Waals surface area contributed by atoms with Crippen LogP contribution >= 0.6 is 34.5 Å². The van der Waals surface area contributed by atoms with Gasteiger partial charge < -0.3 is 4.74 Å². The van der Waals surface area contributed by atoms with Gasteiger partial charge in [0.15, 0.2) is 5.13 Å². The van der Waals surface area contributed by atoms with E-state index < -0.39 is 5.97 Å². The van der Waals surface area contributed by atoms with E-state index in [4.69, 9.17) is 27.9 Å². The van der Waals surface area contributed by atoms with Crippen molar-refractivity contribution >= 4 is 61.8 Å². The van der Waals surface area contributed by atoms with E-state index in [0.29, 0.717) is 38.1 Å². The van der Waals surface area contributed by atoms with Crippen LogP contribution in [-0.4, -0.2) is 27.5 Å². The zero-order valence-corrected chi connectivity index (χ0v) is 18.4. The molecule has 2 aromatic heterocycles. The van der Waals surface area contributed by atoms with Crippen LogP contribution in [0.25, 0.3) is 21.5 Å². The molecule has 30 heavy (non-hydrogen) atoms. The first-order chi connectivity index (χ1) is 14.5. The molecule has 0 fully saturated rings. The maximum absolute atomic E-state index is 12.6. The molecule has 152 valence electrons. The summed E-state index contributed by atoms with van der Waals surface area (Å²) >= 11 is 13.9. The minimum Gasteiger partial charge on any atom is -0.462 e. The lowest BCUT2D eigenvalue weighted by Crippen LogP contribution is -2.13. The molecular weight excluding hydrogens is 443 g/mol. The third kappa shape index (κ3) is 4.09. The van der Waals surface area contributed by atoms with Crippen molar-refractivity contribution in [1.82, 2.24) is 15.0 Å². The Morgan fingerprint density at radius 2 is 1.93 bits per heavy atom. The minimum absolute atomic E-state index is 0.234. The number of hydrogen-bond acceptors (Lipinski definition) is 7. The summed E-state index contributed by atoms with van der Waals surface area (Å²) < 4.78 is 6.26. The molecule has 0 bridgehead atoms. The van der Waals surface area contributed by atoms with Gasteiger partial charge in [0.25, 0.3) is 0 Å². The SMILES string of the molecule is CCOC(=O)c1c(C)nc(Nc2nc3ccccc3s2)nc1-c1ccc(Cl)cc1Cl. The Bertz CT molecular complexity index is 1230. The molecule has 0 aliphatic rings. The molecule has 2 heterocycles. The number of ether oxygens (including phenoxy) is 1. The van der Waals surface area contributed by atoms with E-state index in [-0.39, 0.29) is 12.2 Å². The van der Waals surface area contributed by atoms with E-state index in [1.165, 1.54) is 11.3 Å². The second-order valence-electron chi connectivity index (χ2n) is 6.31. The third-order valence-corrected chi connectivity index (χ3v) is 5.77. The molecule has 0 aliphatic heterocycles. The smallest absolute Gasteiger partial charge is 0.342 e. The Hall–Kier alpha value is -2.74. The van der Waals surface area contributed by atoms with Gasteiger partial charge in [0, 0.05) is 10.6 Å². The molecule has 0 unspecified atom stereocenters. The first-order valence-corrected chi connectivity index (χ1v) is 10.7. The molecule has 0 aliphatic carbocycles. The molecule has 0 saturated carbocycles. The van der Waals surface area contributed by atoms with Crippen LogP contribution in [0.5, 0.6) is 0 Å². The number of aromatic nitrogens is 3. The first-order valence-electron chi connectivity index (χ1n) is 9.10. The summed E-state index contributed by atoms with van der Waals surface area (Å²) in [6, 6.07) is 12.8. The van der Waals surface area contributed by atoms with Crippen LogP contribution < -0.4 is 5.32 Å². The van der Waals surface area contributed by atoms with Crippen LogP contribution in [0.15, 0.2) is 42.5 Å². The van der Waals surface area contributed by atoms with Crippen LogP contribution in [0.4, 0.5) is 11.1 Å². The Labute approximate surface area is 186 Å². The van der Waals surface area contributed by atoms with Gasteiger partial charge in [-0.05, 0) is 44.2 Å². The number of anilines is 2. The lowest BCUT2D eigenvalue weighted by molar-refractivity contribution is 0.0525. The molecule has 0 atom stereocenters. The number of halogens is 2. The van der Waals surface area contributed by atoms with Crippen molar-refractivity contribution in [3.8, 4) is 11.3 Å². The largest absolute Gasteiger partial charge is 0.462 e. The Morgan fingerprint density at radius 1 is 1.13 bits per heavy atom. The molecule has 4 aromatic rings. The van der Waals surface area contributed by atoms with Crippen LogP contribution in [0.3, 0.4) is 0 Å². The number of fused-ring (bicyclic) bond motifs is 1. The first kappa shape index (κ1) is 20.5. The molecule has 0 saturated heterocycles. The van der Waals surface area contributed by atoms with Crippen LogP contribution in [0, 0.1) is 6.92 Å². The summed E-state index contributed by atoms with van der Waals surface area (Å²) in [6.45, 7) is 3.70. The average molecular weight is 459 g/mol. The summed E-state index contributed by atoms with van der Waals surface area (Å²) in [7, 11) is 0. The van der Waals surface area contributed by atoms with Gasteiger partial charge in [0.05, 0.1) is 33.2 Å². The van der Waals surface area contributed by atoms with Crippen molar-refractivity contribution in [3.05, 3.63) is 63.8 Å². The van der Waals surface area contributed by atoms with Gasteiger partial charge in [-0.15, -0.1) is 0 Å². The predicted molar refractivity (Wildman–Crippen MR) is 121 cm³/mol. The number of para-hydroxylation sites is 1. The summed E-state index contributed by atoms with van der Waals surface area (Å²) in [5.74, 6) is -0.205. The number of nitrogens with one attached hydrogen (secondary N) is 1. The van der Waals surface area contributed by atoms with Crippen molar-refractivity contribution < 1.29 is 9.53 Å². The van der Waals surface area contributed by atoms with Gasteiger partial charge in [-0.25, -0.2) is 19.7 Å². The van der Waals surface area contributed by atoms with Gasteiger partial charge >= 0.3 is 5.97 Å². The maximum atomic E-state index is 12.6. The molecular formula is C21H16Cl2N4O2S. The summed E-state index contributed by atoms with van der Waals surface area (Å²) in [5.41, 5.74) is 2.53. The molecule has 1 N–H and O–H groups in total. The van der Waals surface area contributed by atoms with Crippen molar-refractivity contribution in [2.24, 2.45) is 0 Å². The Morgan fingerprint density at radius 3 is 2.67 bits per heavy atom. The standard InChI is InChI=1S/C21H16Cl2N4O2S/c1-3-29-19(28)17-11(2)24-20(26-18(17)13-9-8-12(22)10-14(13)23)27-21-25-15-6-4-5-7-16(15)30-21/h4-10H,3H2,1-2H3,(H,24,25,26,27). The highest BCUT2D eigenvalue weighted by Gasteiger charge is 2.23. The van der Waals surface area contributed by atoms with Crippen LogP contribution in [-0.2, 0) is 4.74 Å².